The first-order valence-electron chi connectivity index (χ1n) is 6.42. The van der Waals surface area contributed by atoms with Gasteiger partial charge in [0.05, 0.1) is 12.5 Å². The van der Waals surface area contributed by atoms with Crippen LogP contribution in [0.1, 0.15) is 33.1 Å². The van der Waals surface area contributed by atoms with Crippen LogP contribution in [0.5, 0.6) is 0 Å². The highest BCUT2D eigenvalue weighted by molar-refractivity contribution is 5.76. The molecule has 2 N–H and O–H groups in total. The molecule has 0 aliphatic heterocycles. The lowest BCUT2D eigenvalue weighted by molar-refractivity contribution is -0.137. The standard InChI is InChI=1S/C12H22N2O4/c1-3-18-9(2)8-13-12(17)14(10-4-5-10)7-6-11(15)16/h9-10H,3-8H2,1-2H3,(H,13,17)(H,15,16). The van der Waals surface area contributed by atoms with Crippen molar-refractivity contribution in [2.75, 3.05) is 19.7 Å². The second-order valence-corrected chi connectivity index (χ2v) is 4.52. The summed E-state index contributed by atoms with van der Waals surface area (Å²) in [6, 6.07) is 0.0250. The molecule has 1 aliphatic carbocycles. The SMILES string of the molecule is CCOC(C)CNC(=O)N(CCC(=O)O)C1CC1. The van der Waals surface area contributed by atoms with Gasteiger partial charge < -0.3 is 20.1 Å². The van der Waals surface area contributed by atoms with Crippen molar-refractivity contribution < 1.29 is 19.4 Å². The normalized spacial score (nSPS) is 16.1. The molecule has 0 bridgehead atoms. The van der Waals surface area contributed by atoms with E-state index in [0.717, 1.165) is 12.8 Å². The van der Waals surface area contributed by atoms with E-state index in [-0.39, 0.29) is 31.1 Å². The number of ether oxygens (including phenoxy) is 1. The third-order valence-corrected chi connectivity index (χ3v) is 2.81. The Morgan fingerprint density at radius 3 is 2.67 bits per heavy atom. The number of carbonyl (C=O) groups is 2. The number of carboxylic acids is 1. The molecule has 6 heteroatoms. The summed E-state index contributed by atoms with van der Waals surface area (Å²) in [6.07, 6.45) is 1.90. The summed E-state index contributed by atoms with van der Waals surface area (Å²) in [5, 5.41) is 11.4. The van der Waals surface area contributed by atoms with Crippen molar-refractivity contribution in [3.8, 4) is 0 Å². The molecule has 1 fully saturated rings. The molecular formula is C12H22N2O4. The van der Waals surface area contributed by atoms with Crippen LogP contribution in [0.3, 0.4) is 0 Å². The molecule has 1 atom stereocenters. The van der Waals surface area contributed by atoms with Gasteiger partial charge in [0.25, 0.3) is 0 Å². The van der Waals surface area contributed by atoms with Crippen LogP contribution in [0.15, 0.2) is 0 Å². The molecule has 1 saturated carbocycles. The van der Waals surface area contributed by atoms with Crippen molar-refractivity contribution in [1.82, 2.24) is 10.2 Å². The molecule has 104 valence electrons. The smallest absolute Gasteiger partial charge is 0.317 e. The third kappa shape index (κ3) is 5.35. The van der Waals surface area contributed by atoms with E-state index in [9.17, 15) is 9.59 Å². The topological polar surface area (TPSA) is 78.9 Å². The third-order valence-electron chi connectivity index (χ3n) is 2.81. The number of aliphatic carboxylic acids is 1. The van der Waals surface area contributed by atoms with Crippen molar-refractivity contribution in [2.45, 2.75) is 45.3 Å². The Balaban J connectivity index is 2.33. The molecule has 6 nitrogen and oxygen atoms in total. The lowest BCUT2D eigenvalue weighted by Gasteiger charge is -2.23. The number of rotatable bonds is 8. The number of carboxylic acid groups (broad SMARTS) is 1. The molecule has 1 aliphatic rings. The van der Waals surface area contributed by atoms with Gasteiger partial charge in [-0.3, -0.25) is 4.79 Å². The van der Waals surface area contributed by atoms with Crippen molar-refractivity contribution in [2.24, 2.45) is 0 Å². The maximum atomic E-state index is 11.9. The summed E-state index contributed by atoms with van der Waals surface area (Å²) in [4.78, 5) is 24.1. The lowest BCUT2D eigenvalue weighted by atomic mass is 10.3. The zero-order valence-electron chi connectivity index (χ0n) is 11.0. The number of urea groups is 1. The minimum absolute atomic E-state index is 0.00899. The quantitative estimate of drug-likeness (QED) is 0.682. The number of nitrogens with one attached hydrogen (secondary N) is 1. The number of hydrogen-bond donors (Lipinski definition) is 2. The van der Waals surface area contributed by atoms with E-state index in [1.54, 1.807) is 4.90 Å². The highest BCUT2D eigenvalue weighted by atomic mass is 16.5. The monoisotopic (exact) mass is 258 g/mol. The van der Waals surface area contributed by atoms with Gasteiger partial charge in [-0.25, -0.2) is 4.79 Å². The van der Waals surface area contributed by atoms with Crippen LogP contribution in [0.25, 0.3) is 0 Å². The van der Waals surface area contributed by atoms with Crippen LogP contribution < -0.4 is 5.32 Å². The van der Waals surface area contributed by atoms with Crippen LogP contribution in [0, 0.1) is 0 Å². The molecule has 0 spiro atoms. The predicted molar refractivity (Wildman–Crippen MR) is 66.5 cm³/mol. The Morgan fingerprint density at radius 2 is 2.17 bits per heavy atom. The fourth-order valence-corrected chi connectivity index (χ4v) is 1.73. The van der Waals surface area contributed by atoms with Crippen LogP contribution in [-0.2, 0) is 9.53 Å². The van der Waals surface area contributed by atoms with E-state index in [4.69, 9.17) is 9.84 Å². The minimum Gasteiger partial charge on any atom is -0.481 e. The average molecular weight is 258 g/mol. The van der Waals surface area contributed by atoms with E-state index in [1.165, 1.54) is 0 Å². The van der Waals surface area contributed by atoms with Gasteiger partial charge in [-0.15, -0.1) is 0 Å². The summed E-state index contributed by atoms with van der Waals surface area (Å²) in [6.45, 7) is 5.13. The molecule has 0 heterocycles. The van der Waals surface area contributed by atoms with Gasteiger partial charge in [-0.05, 0) is 26.7 Å². The Morgan fingerprint density at radius 1 is 1.50 bits per heavy atom. The van der Waals surface area contributed by atoms with Gasteiger partial charge in [0, 0.05) is 25.7 Å². The number of hydrogen-bond acceptors (Lipinski definition) is 3. The zero-order chi connectivity index (χ0) is 13.5. The van der Waals surface area contributed by atoms with Gasteiger partial charge in [0.15, 0.2) is 0 Å². The molecule has 0 saturated heterocycles. The Kier molecular flexibility index (Phi) is 5.91. The van der Waals surface area contributed by atoms with E-state index >= 15 is 0 Å². The first kappa shape index (κ1) is 14.8. The Labute approximate surface area is 107 Å². The van der Waals surface area contributed by atoms with Gasteiger partial charge in [0.2, 0.25) is 0 Å². The zero-order valence-corrected chi connectivity index (χ0v) is 11.0. The maximum Gasteiger partial charge on any atom is 0.317 e. The fourth-order valence-electron chi connectivity index (χ4n) is 1.73. The van der Waals surface area contributed by atoms with Crippen molar-refractivity contribution in [3.05, 3.63) is 0 Å². The van der Waals surface area contributed by atoms with Gasteiger partial charge in [-0.2, -0.15) is 0 Å². The van der Waals surface area contributed by atoms with E-state index in [2.05, 4.69) is 5.32 Å². The van der Waals surface area contributed by atoms with Crippen LogP contribution in [-0.4, -0.2) is 53.8 Å². The predicted octanol–water partition coefficient (Wildman–Crippen LogP) is 1.06. The largest absolute Gasteiger partial charge is 0.481 e. The molecule has 0 radical (unpaired) electrons. The van der Waals surface area contributed by atoms with Crippen molar-refractivity contribution >= 4 is 12.0 Å². The van der Waals surface area contributed by atoms with Gasteiger partial charge in [0.1, 0.15) is 0 Å². The fraction of sp³-hybridized carbons (Fsp3) is 0.833. The van der Waals surface area contributed by atoms with E-state index in [0.29, 0.717) is 13.2 Å². The summed E-state index contributed by atoms with van der Waals surface area (Å²) in [5.41, 5.74) is 0. The van der Waals surface area contributed by atoms with Gasteiger partial charge in [-0.1, -0.05) is 0 Å². The number of carbonyl (C=O) groups excluding carboxylic acids is 1. The van der Waals surface area contributed by atoms with Crippen molar-refractivity contribution in [3.63, 3.8) is 0 Å². The molecule has 1 rings (SSSR count). The molecule has 0 aromatic carbocycles. The second kappa shape index (κ2) is 7.20. The highest BCUT2D eigenvalue weighted by Crippen LogP contribution is 2.26. The van der Waals surface area contributed by atoms with Crippen LogP contribution in [0.2, 0.25) is 0 Å². The summed E-state index contributed by atoms with van der Waals surface area (Å²) < 4.78 is 5.32. The lowest BCUT2D eigenvalue weighted by Crippen LogP contribution is -2.44. The summed E-state index contributed by atoms with van der Waals surface area (Å²) in [7, 11) is 0. The molecule has 2 amide bonds. The molecule has 0 aromatic heterocycles. The summed E-state index contributed by atoms with van der Waals surface area (Å²) in [5.74, 6) is -0.879. The first-order valence-corrected chi connectivity index (χ1v) is 6.42. The first-order chi connectivity index (χ1) is 8.54. The van der Waals surface area contributed by atoms with E-state index < -0.39 is 5.97 Å². The Hall–Kier alpha value is -1.30. The number of amides is 2. The second-order valence-electron chi connectivity index (χ2n) is 4.52. The Bertz CT molecular complexity index is 292. The highest BCUT2D eigenvalue weighted by Gasteiger charge is 2.32. The summed E-state index contributed by atoms with van der Waals surface area (Å²) >= 11 is 0. The van der Waals surface area contributed by atoms with Crippen molar-refractivity contribution in [1.29, 1.82) is 0 Å². The van der Waals surface area contributed by atoms with Gasteiger partial charge >= 0.3 is 12.0 Å². The van der Waals surface area contributed by atoms with Crippen LogP contribution in [0.4, 0.5) is 4.79 Å². The molecule has 18 heavy (non-hydrogen) atoms. The maximum absolute atomic E-state index is 11.9. The average Bonchev–Trinajstić information content (AvgIpc) is 3.11. The number of nitrogens with zero attached hydrogens (tertiary/aromatic N) is 1. The minimum atomic E-state index is -0.879. The van der Waals surface area contributed by atoms with E-state index in [1.807, 2.05) is 13.8 Å². The van der Waals surface area contributed by atoms with Crippen LogP contribution >= 0.6 is 0 Å². The molecule has 1 unspecified atom stereocenters. The molecule has 0 aromatic rings. The molecular weight excluding hydrogens is 236 g/mol.